The molecule has 0 radical (unpaired) electrons. The van der Waals surface area contributed by atoms with Crippen LogP contribution in [-0.4, -0.2) is 31.1 Å². The summed E-state index contributed by atoms with van der Waals surface area (Å²) in [5.41, 5.74) is 1.23. The van der Waals surface area contributed by atoms with Crippen LogP contribution in [0.15, 0.2) is 42.6 Å². The Kier molecular flexibility index (Phi) is 4.99. The fourth-order valence-corrected chi connectivity index (χ4v) is 3.89. The van der Waals surface area contributed by atoms with E-state index in [1.165, 1.54) is 0 Å². The highest BCUT2D eigenvalue weighted by Gasteiger charge is 2.57. The van der Waals surface area contributed by atoms with Crippen LogP contribution < -0.4 is 20.1 Å². The van der Waals surface area contributed by atoms with Gasteiger partial charge in [-0.3, -0.25) is 4.79 Å². The minimum absolute atomic E-state index is 0.173. The Bertz CT molecular complexity index is 801. The first-order chi connectivity index (χ1) is 13.2. The van der Waals surface area contributed by atoms with Crippen molar-refractivity contribution in [2.75, 3.05) is 20.2 Å². The van der Waals surface area contributed by atoms with E-state index in [4.69, 9.17) is 9.47 Å². The number of carbonyl (C=O) groups is 1. The van der Waals surface area contributed by atoms with E-state index in [0.717, 1.165) is 43.7 Å². The van der Waals surface area contributed by atoms with Crippen molar-refractivity contribution in [2.24, 2.45) is 11.3 Å². The first kappa shape index (κ1) is 17.8. The molecule has 0 bridgehead atoms. The summed E-state index contributed by atoms with van der Waals surface area (Å²) < 4.78 is 10.9. The minimum atomic E-state index is 0.173. The van der Waals surface area contributed by atoms with Gasteiger partial charge in [-0.15, -0.1) is 0 Å². The van der Waals surface area contributed by atoms with Crippen LogP contribution in [0.4, 0.5) is 0 Å². The van der Waals surface area contributed by atoms with Crippen molar-refractivity contribution in [1.29, 1.82) is 0 Å². The molecular formula is C21H25N3O3. The van der Waals surface area contributed by atoms with Gasteiger partial charge in [0.2, 0.25) is 11.8 Å². The Morgan fingerprint density at radius 1 is 1.22 bits per heavy atom. The van der Waals surface area contributed by atoms with Crippen molar-refractivity contribution in [1.82, 2.24) is 15.6 Å². The molecule has 1 aromatic carbocycles. The lowest BCUT2D eigenvalue weighted by Gasteiger charge is -2.23. The molecule has 2 fully saturated rings. The zero-order valence-corrected chi connectivity index (χ0v) is 15.5. The maximum absolute atomic E-state index is 12.5. The van der Waals surface area contributed by atoms with Crippen molar-refractivity contribution in [3.63, 3.8) is 0 Å². The highest BCUT2D eigenvalue weighted by atomic mass is 16.5. The van der Waals surface area contributed by atoms with Crippen LogP contribution in [0, 0.1) is 11.3 Å². The fraction of sp³-hybridized carbons (Fsp3) is 0.429. The molecular weight excluding hydrogens is 342 g/mol. The normalized spacial score (nSPS) is 20.1. The van der Waals surface area contributed by atoms with Gasteiger partial charge in [0.1, 0.15) is 11.5 Å². The fourth-order valence-electron chi connectivity index (χ4n) is 3.89. The van der Waals surface area contributed by atoms with Gasteiger partial charge >= 0.3 is 0 Å². The Labute approximate surface area is 159 Å². The molecule has 142 valence electrons. The summed E-state index contributed by atoms with van der Waals surface area (Å²) in [7, 11) is 1.63. The summed E-state index contributed by atoms with van der Waals surface area (Å²) in [6.45, 7) is 2.55. The zero-order chi connectivity index (χ0) is 18.7. The zero-order valence-electron chi connectivity index (χ0n) is 15.5. The molecule has 1 aliphatic heterocycles. The van der Waals surface area contributed by atoms with Crippen molar-refractivity contribution >= 4 is 5.91 Å². The van der Waals surface area contributed by atoms with Gasteiger partial charge in [-0.2, -0.15) is 0 Å². The van der Waals surface area contributed by atoms with E-state index in [9.17, 15) is 4.79 Å². The van der Waals surface area contributed by atoms with Gasteiger partial charge in [-0.05, 0) is 73.7 Å². The van der Waals surface area contributed by atoms with Gasteiger partial charge in [0, 0.05) is 24.7 Å². The molecule has 2 aliphatic rings. The number of nitrogens with zero attached hydrogens (tertiary/aromatic N) is 1. The van der Waals surface area contributed by atoms with E-state index < -0.39 is 0 Å². The number of rotatable bonds is 6. The lowest BCUT2D eigenvalue weighted by molar-refractivity contribution is -0.123. The Morgan fingerprint density at radius 3 is 2.70 bits per heavy atom. The summed E-state index contributed by atoms with van der Waals surface area (Å²) in [5, 5.41) is 6.45. The maximum Gasteiger partial charge on any atom is 0.223 e. The second kappa shape index (κ2) is 7.56. The van der Waals surface area contributed by atoms with E-state index >= 15 is 0 Å². The molecule has 1 unspecified atom stereocenters. The predicted octanol–water partition coefficient (Wildman–Crippen LogP) is 2.89. The minimum Gasteiger partial charge on any atom is -0.497 e. The van der Waals surface area contributed by atoms with E-state index in [0.29, 0.717) is 18.2 Å². The van der Waals surface area contributed by atoms with Crippen LogP contribution in [0.2, 0.25) is 0 Å². The number of pyridine rings is 1. The van der Waals surface area contributed by atoms with Crippen molar-refractivity contribution in [3.8, 4) is 17.4 Å². The van der Waals surface area contributed by atoms with Crippen molar-refractivity contribution in [2.45, 2.75) is 25.8 Å². The third kappa shape index (κ3) is 4.06. The van der Waals surface area contributed by atoms with Crippen LogP contribution in [0.25, 0.3) is 0 Å². The van der Waals surface area contributed by atoms with Gasteiger partial charge in [-0.25, -0.2) is 4.98 Å². The number of nitrogens with one attached hydrogen (secondary N) is 2. The highest BCUT2D eigenvalue weighted by molar-refractivity contribution is 5.82. The topological polar surface area (TPSA) is 72.5 Å². The Balaban J connectivity index is 1.32. The molecule has 2 N–H and O–H groups in total. The van der Waals surface area contributed by atoms with Crippen LogP contribution >= 0.6 is 0 Å². The van der Waals surface area contributed by atoms with Gasteiger partial charge in [0.05, 0.1) is 7.11 Å². The second-order valence-electron chi connectivity index (χ2n) is 7.37. The largest absolute Gasteiger partial charge is 0.497 e. The van der Waals surface area contributed by atoms with Gasteiger partial charge in [0.15, 0.2) is 0 Å². The van der Waals surface area contributed by atoms with Crippen LogP contribution in [0.3, 0.4) is 0 Å². The number of amides is 1. The molecule has 1 saturated heterocycles. The molecule has 1 amide bonds. The van der Waals surface area contributed by atoms with E-state index in [-0.39, 0.29) is 17.2 Å². The van der Waals surface area contributed by atoms with Gasteiger partial charge in [0.25, 0.3) is 0 Å². The van der Waals surface area contributed by atoms with E-state index in [2.05, 4.69) is 15.6 Å². The SMILES string of the molecule is COc1ccc(Oc2cc(CNC(=O)C3CC34CCNCC4)ccn2)cc1. The average Bonchev–Trinajstić information content (AvgIpc) is 3.40. The number of ether oxygens (including phenoxy) is 2. The number of carbonyl (C=O) groups excluding carboxylic acids is 1. The quantitative estimate of drug-likeness (QED) is 0.821. The molecule has 6 nitrogen and oxygen atoms in total. The number of aromatic nitrogens is 1. The molecule has 4 rings (SSSR count). The monoisotopic (exact) mass is 367 g/mol. The number of hydrogen-bond donors (Lipinski definition) is 2. The van der Waals surface area contributed by atoms with Gasteiger partial charge < -0.3 is 20.1 Å². The van der Waals surface area contributed by atoms with Crippen LogP contribution in [0.1, 0.15) is 24.8 Å². The summed E-state index contributed by atoms with van der Waals surface area (Å²) in [6, 6.07) is 11.1. The van der Waals surface area contributed by atoms with Crippen molar-refractivity contribution < 1.29 is 14.3 Å². The third-order valence-corrected chi connectivity index (χ3v) is 5.65. The first-order valence-electron chi connectivity index (χ1n) is 9.44. The van der Waals surface area contributed by atoms with Crippen molar-refractivity contribution in [3.05, 3.63) is 48.2 Å². The first-order valence-corrected chi connectivity index (χ1v) is 9.44. The summed E-state index contributed by atoms with van der Waals surface area (Å²) in [4.78, 5) is 16.7. The lowest BCUT2D eigenvalue weighted by Crippen LogP contribution is -2.33. The number of methoxy groups -OCH3 is 1. The molecule has 2 heterocycles. The number of benzene rings is 1. The molecule has 27 heavy (non-hydrogen) atoms. The standard InChI is InChI=1S/C21H25N3O3/c1-26-16-2-4-17(5-3-16)27-19-12-15(6-9-23-19)14-24-20(25)18-13-21(18)7-10-22-11-8-21/h2-6,9,12,18,22H,7-8,10-11,13-14H2,1H3,(H,24,25). The molecule has 1 aliphatic carbocycles. The third-order valence-electron chi connectivity index (χ3n) is 5.65. The molecule has 6 heteroatoms. The molecule has 1 saturated carbocycles. The van der Waals surface area contributed by atoms with E-state index in [1.54, 1.807) is 13.3 Å². The molecule has 2 aromatic rings. The number of piperidine rings is 1. The molecule has 1 spiro atoms. The Morgan fingerprint density at radius 2 is 1.96 bits per heavy atom. The van der Waals surface area contributed by atoms with Crippen LogP contribution in [0.5, 0.6) is 17.4 Å². The molecule has 1 atom stereocenters. The number of hydrogen-bond acceptors (Lipinski definition) is 5. The summed E-state index contributed by atoms with van der Waals surface area (Å²) in [5.74, 6) is 2.32. The maximum atomic E-state index is 12.5. The van der Waals surface area contributed by atoms with Crippen LogP contribution in [-0.2, 0) is 11.3 Å². The predicted molar refractivity (Wildman–Crippen MR) is 102 cm³/mol. The average molecular weight is 367 g/mol. The smallest absolute Gasteiger partial charge is 0.223 e. The highest BCUT2D eigenvalue weighted by Crippen LogP contribution is 2.58. The lowest BCUT2D eigenvalue weighted by atomic mass is 9.92. The summed E-state index contributed by atoms with van der Waals surface area (Å²) in [6.07, 6.45) is 4.95. The summed E-state index contributed by atoms with van der Waals surface area (Å²) >= 11 is 0. The second-order valence-corrected chi connectivity index (χ2v) is 7.37. The Hall–Kier alpha value is -2.60. The van der Waals surface area contributed by atoms with E-state index in [1.807, 2.05) is 36.4 Å². The van der Waals surface area contributed by atoms with Gasteiger partial charge in [-0.1, -0.05) is 0 Å². The molecule has 1 aromatic heterocycles.